The van der Waals surface area contributed by atoms with Crippen LogP contribution in [0.4, 0.5) is 0 Å². The number of ether oxygens (including phenoxy) is 4. The second-order valence-corrected chi connectivity index (χ2v) is 6.74. The Morgan fingerprint density at radius 1 is 0.966 bits per heavy atom. The molecular formula is C22H25NO6. The summed E-state index contributed by atoms with van der Waals surface area (Å²) in [4.78, 5) is 27.2. The molecule has 0 unspecified atom stereocenters. The monoisotopic (exact) mass is 399 g/mol. The van der Waals surface area contributed by atoms with Gasteiger partial charge in [-0.2, -0.15) is 0 Å². The maximum atomic E-state index is 12.8. The van der Waals surface area contributed by atoms with Crippen molar-refractivity contribution in [3.05, 3.63) is 53.1 Å². The van der Waals surface area contributed by atoms with Crippen LogP contribution in [-0.2, 0) is 22.5 Å². The van der Waals surface area contributed by atoms with Crippen molar-refractivity contribution < 1.29 is 28.5 Å². The Morgan fingerprint density at radius 3 is 2.17 bits per heavy atom. The second kappa shape index (κ2) is 8.86. The van der Waals surface area contributed by atoms with E-state index in [9.17, 15) is 9.59 Å². The minimum Gasteiger partial charge on any atom is -0.493 e. The molecule has 0 aliphatic carbocycles. The number of hydrogen-bond acceptors (Lipinski definition) is 6. The first-order valence-corrected chi connectivity index (χ1v) is 9.35. The molecule has 0 fully saturated rings. The molecule has 154 valence electrons. The predicted octanol–water partition coefficient (Wildman–Crippen LogP) is 2.84. The molecular weight excluding hydrogens is 374 g/mol. The maximum Gasteiger partial charge on any atom is 0.339 e. The number of hydrogen-bond donors (Lipinski definition) is 0. The summed E-state index contributed by atoms with van der Waals surface area (Å²) >= 11 is 0. The van der Waals surface area contributed by atoms with Crippen LogP contribution < -0.4 is 14.2 Å². The van der Waals surface area contributed by atoms with Crippen molar-refractivity contribution in [3.63, 3.8) is 0 Å². The molecule has 1 atom stereocenters. The number of esters is 1. The molecule has 0 bridgehead atoms. The number of rotatable bonds is 6. The van der Waals surface area contributed by atoms with E-state index in [1.54, 1.807) is 11.8 Å². The summed E-state index contributed by atoms with van der Waals surface area (Å²) in [5.41, 5.74) is 2.58. The summed E-state index contributed by atoms with van der Waals surface area (Å²) in [6.45, 7) is 2.70. The zero-order valence-corrected chi connectivity index (χ0v) is 17.1. The van der Waals surface area contributed by atoms with Gasteiger partial charge in [-0.1, -0.05) is 24.3 Å². The molecule has 1 aliphatic rings. The van der Waals surface area contributed by atoms with Crippen molar-refractivity contribution in [3.8, 4) is 17.2 Å². The Labute approximate surface area is 170 Å². The Balaban J connectivity index is 1.71. The van der Waals surface area contributed by atoms with Crippen LogP contribution in [0.5, 0.6) is 17.2 Å². The van der Waals surface area contributed by atoms with Crippen LogP contribution in [0.25, 0.3) is 0 Å². The number of methoxy groups -OCH3 is 3. The van der Waals surface area contributed by atoms with Gasteiger partial charge in [0.25, 0.3) is 5.91 Å². The molecule has 29 heavy (non-hydrogen) atoms. The van der Waals surface area contributed by atoms with E-state index >= 15 is 0 Å². The Hall–Kier alpha value is -3.22. The van der Waals surface area contributed by atoms with E-state index in [-0.39, 0.29) is 11.5 Å². The van der Waals surface area contributed by atoms with Crippen molar-refractivity contribution >= 4 is 11.9 Å². The van der Waals surface area contributed by atoms with E-state index in [0.717, 1.165) is 12.0 Å². The minimum absolute atomic E-state index is 0.211. The lowest BCUT2D eigenvalue weighted by atomic mass is 9.99. The van der Waals surface area contributed by atoms with Gasteiger partial charge in [-0.25, -0.2) is 4.79 Å². The summed E-state index contributed by atoms with van der Waals surface area (Å²) in [6, 6.07) is 11.0. The number of carbonyl (C=O) groups is 2. The van der Waals surface area contributed by atoms with Gasteiger partial charge in [-0.15, -0.1) is 0 Å². The molecule has 1 heterocycles. The van der Waals surface area contributed by atoms with E-state index in [0.29, 0.717) is 30.3 Å². The SMILES string of the molecule is COc1cc(C(=O)O[C@@H](C)C(=O)N2CCc3ccccc3C2)cc(OC)c1OC. The fraction of sp³-hybridized carbons (Fsp3) is 0.364. The highest BCUT2D eigenvalue weighted by molar-refractivity contribution is 5.93. The molecule has 1 amide bonds. The highest BCUT2D eigenvalue weighted by Gasteiger charge is 2.28. The normalized spacial score (nSPS) is 13.9. The van der Waals surface area contributed by atoms with Gasteiger partial charge in [0.1, 0.15) is 0 Å². The van der Waals surface area contributed by atoms with Crippen LogP contribution in [-0.4, -0.2) is 50.8 Å². The van der Waals surface area contributed by atoms with E-state index in [4.69, 9.17) is 18.9 Å². The largest absolute Gasteiger partial charge is 0.493 e. The van der Waals surface area contributed by atoms with Crippen LogP contribution in [0.3, 0.4) is 0 Å². The lowest BCUT2D eigenvalue weighted by Gasteiger charge is -2.30. The van der Waals surface area contributed by atoms with Crippen LogP contribution in [0.2, 0.25) is 0 Å². The molecule has 0 radical (unpaired) electrons. The first-order valence-electron chi connectivity index (χ1n) is 9.35. The van der Waals surface area contributed by atoms with Gasteiger partial charge in [0, 0.05) is 13.1 Å². The smallest absolute Gasteiger partial charge is 0.339 e. The maximum absolute atomic E-state index is 12.8. The van der Waals surface area contributed by atoms with Crippen LogP contribution in [0.15, 0.2) is 36.4 Å². The number of carbonyl (C=O) groups excluding carboxylic acids is 2. The highest BCUT2D eigenvalue weighted by Crippen LogP contribution is 2.38. The quantitative estimate of drug-likeness (QED) is 0.696. The summed E-state index contributed by atoms with van der Waals surface area (Å²) in [7, 11) is 4.41. The van der Waals surface area contributed by atoms with Gasteiger partial charge in [-0.3, -0.25) is 4.79 Å². The van der Waals surface area contributed by atoms with Gasteiger partial charge >= 0.3 is 5.97 Å². The van der Waals surface area contributed by atoms with Crippen molar-refractivity contribution in [1.29, 1.82) is 0 Å². The van der Waals surface area contributed by atoms with E-state index in [1.807, 2.05) is 18.2 Å². The molecule has 7 heteroatoms. The number of nitrogens with zero attached hydrogens (tertiary/aromatic N) is 1. The molecule has 0 aromatic heterocycles. The summed E-state index contributed by atoms with van der Waals surface area (Å²) in [5, 5.41) is 0. The summed E-state index contributed by atoms with van der Waals surface area (Å²) in [6.07, 6.45) is -0.123. The van der Waals surface area contributed by atoms with Gasteiger partial charge in [-0.05, 0) is 36.6 Å². The molecule has 0 N–H and O–H groups in total. The first-order chi connectivity index (χ1) is 14.0. The Bertz CT molecular complexity index is 885. The van der Waals surface area contributed by atoms with Crippen LogP contribution in [0.1, 0.15) is 28.4 Å². The van der Waals surface area contributed by atoms with Crippen LogP contribution >= 0.6 is 0 Å². The van der Waals surface area contributed by atoms with Gasteiger partial charge < -0.3 is 23.8 Å². The summed E-state index contributed by atoms with van der Waals surface area (Å²) < 4.78 is 21.2. The third-order valence-corrected chi connectivity index (χ3v) is 4.97. The third-order valence-electron chi connectivity index (χ3n) is 4.97. The molecule has 0 saturated carbocycles. The molecule has 0 saturated heterocycles. The Kier molecular flexibility index (Phi) is 6.26. The van der Waals surface area contributed by atoms with E-state index in [2.05, 4.69) is 6.07 Å². The van der Waals surface area contributed by atoms with Crippen molar-refractivity contribution in [2.45, 2.75) is 26.0 Å². The fourth-order valence-electron chi connectivity index (χ4n) is 3.42. The molecule has 0 spiro atoms. The average Bonchev–Trinajstić information content (AvgIpc) is 2.76. The highest BCUT2D eigenvalue weighted by atomic mass is 16.6. The predicted molar refractivity (Wildman–Crippen MR) is 107 cm³/mol. The topological polar surface area (TPSA) is 74.3 Å². The molecule has 3 rings (SSSR count). The number of amides is 1. The fourth-order valence-corrected chi connectivity index (χ4v) is 3.42. The van der Waals surface area contributed by atoms with Crippen LogP contribution in [0, 0.1) is 0 Å². The minimum atomic E-state index is -0.910. The zero-order chi connectivity index (χ0) is 21.0. The van der Waals surface area contributed by atoms with Gasteiger partial charge in [0.05, 0.1) is 26.9 Å². The summed E-state index contributed by atoms with van der Waals surface area (Å²) in [5.74, 6) is 0.196. The first kappa shape index (κ1) is 20.5. The molecule has 2 aromatic carbocycles. The number of fused-ring (bicyclic) bond motifs is 1. The lowest BCUT2D eigenvalue weighted by molar-refractivity contribution is -0.140. The molecule has 7 nitrogen and oxygen atoms in total. The standard InChI is InChI=1S/C22H25NO6/c1-14(21(24)23-10-9-15-7-5-6-8-16(15)13-23)29-22(25)17-11-18(26-2)20(28-4)19(12-17)27-3/h5-8,11-12,14H,9-10,13H2,1-4H3/t14-/m0/s1. The average molecular weight is 399 g/mol. The zero-order valence-electron chi connectivity index (χ0n) is 17.1. The molecule has 1 aliphatic heterocycles. The third kappa shape index (κ3) is 4.29. The lowest BCUT2D eigenvalue weighted by Crippen LogP contribution is -2.42. The van der Waals surface area contributed by atoms with Crippen molar-refractivity contribution in [2.75, 3.05) is 27.9 Å². The van der Waals surface area contributed by atoms with Gasteiger partial charge in [0.2, 0.25) is 5.75 Å². The number of benzene rings is 2. The van der Waals surface area contributed by atoms with Gasteiger partial charge in [0.15, 0.2) is 17.6 Å². The van der Waals surface area contributed by atoms with E-state index in [1.165, 1.54) is 39.0 Å². The Morgan fingerprint density at radius 2 is 1.59 bits per heavy atom. The van der Waals surface area contributed by atoms with E-state index < -0.39 is 12.1 Å². The second-order valence-electron chi connectivity index (χ2n) is 6.74. The molecule has 2 aromatic rings. The van der Waals surface area contributed by atoms with Crippen molar-refractivity contribution in [2.24, 2.45) is 0 Å². The van der Waals surface area contributed by atoms with Crippen molar-refractivity contribution in [1.82, 2.24) is 4.90 Å².